The maximum atomic E-state index is 6.02. The summed E-state index contributed by atoms with van der Waals surface area (Å²) >= 11 is 11.9. The van der Waals surface area contributed by atoms with Crippen molar-refractivity contribution in [2.24, 2.45) is 0 Å². The second-order valence-corrected chi connectivity index (χ2v) is 6.18. The van der Waals surface area contributed by atoms with Gasteiger partial charge in [0.2, 0.25) is 0 Å². The molecule has 3 rings (SSSR count). The highest BCUT2D eigenvalue weighted by atomic mass is 35.5. The Bertz CT molecular complexity index is 788. The van der Waals surface area contributed by atoms with Gasteiger partial charge in [-0.25, -0.2) is 0 Å². The first kappa shape index (κ1) is 16.9. The summed E-state index contributed by atoms with van der Waals surface area (Å²) in [5.41, 5.74) is 2.12. The Morgan fingerprint density at radius 3 is 2.58 bits per heavy atom. The molecule has 0 spiro atoms. The second-order valence-electron chi connectivity index (χ2n) is 5.37. The van der Waals surface area contributed by atoms with Gasteiger partial charge in [-0.1, -0.05) is 41.4 Å². The molecule has 0 radical (unpaired) electrons. The van der Waals surface area contributed by atoms with Crippen LogP contribution < -0.4 is 10.1 Å². The number of benzene rings is 2. The Morgan fingerprint density at radius 2 is 1.79 bits per heavy atom. The van der Waals surface area contributed by atoms with E-state index in [1.165, 1.54) is 0 Å². The zero-order valence-corrected chi connectivity index (χ0v) is 14.5. The predicted molar refractivity (Wildman–Crippen MR) is 96.5 cm³/mol. The third-order valence-corrected chi connectivity index (χ3v) is 4.24. The lowest BCUT2D eigenvalue weighted by Crippen LogP contribution is -2.12. The Morgan fingerprint density at radius 1 is 0.875 bits per heavy atom. The number of rotatable bonds is 7. The molecule has 0 aliphatic rings. The molecule has 0 bridgehead atoms. The number of halogens is 2. The molecular formula is C19H17Cl2NO2. The summed E-state index contributed by atoms with van der Waals surface area (Å²) in [6.45, 7) is 1.88. The van der Waals surface area contributed by atoms with Gasteiger partial charge in [0.05, 0.1) is 22.9 Å². The van der Waals surface area contributed by atoms with Crippen molar-refractivity contribution in [3.05, 3.63) is 87.8 Å². The van der Waals surface area contributed by atoms with Crippen molar-refractivity contribution >= 4 is 23.2 Å². The summed E-state index contributed by atoms with van der Waals surface area (Å²) in [6.07, 6.45) is 1.68. The molecule has 0 amide bonds. The minimum absolute atomic E-state index is 0.445. The lowest BCUT2D eigenvalue weighted by molar-refractivity contribution is 0.306. The SMILES string of the molecule is Clc1ccc(COc2cccc(CNCc3ccco3)c2)cc1Cl. The molecule has 5 heteroatoms. The maximum Gasteiger partial charge on any atom is 0.120 e. The number of hydrogen-bond acceptors (Lipinski definition) is 3. The van der Waals surface area contributed by atoms with Gasteiger partial charge in [0, 0.05) is 6.54 Å². The summed E-state index contributed by atoms with van der Waals surface area (Å²) in [7, 11) is 0. The van der Waals surface area contributed by atoms with E-state index < -0.39 is 0 Å². The summed E-state index contributed by atoms with van der Waals surface area (Å²) in [6, 6.07) is 17.3. The molecule has 1 heterocycles. The van der Waals surface area contributed by atoms with Gasteiger partial charge < -0.3 is 14.5 Å². The predicted octanol–water partition coefficient (Wildman–Crippen LogP) is 5.46. The van der Waals surface area contributed by atoms with E-state index in [4.69, 9.17) is 32.4 Å². The van der Waals surface area contributed by atoms with Crippen LogP contribution in [0.15, 0.2) is 65.3 Å². The highest BCUT2D eigenvalue weighted by molar-refractivity contribution is 6.42. The summed E-state index contributed by atoms with van der Waals surface area (Å²) < 4.78 is 11.1. The van der Waals surface area contributed by atoms with Gasteiger partial charge in [0.15, 0.2) is 0 Å². The second kappa shape index (κ2) is 8.25. The smallest absolute Gasteiger partial charge is 0.120 e. The Kier molecular flexibility index (Phi) is 5.81. The van der Waals surface area contributed by atoms with Gasteiger partial charge in [-0.15, -0.1) is 0 Å². The minimum Gasteiger partial charge on any atom is -0.489 e. The van der Waals surface area contributed by atoms with Crippen LogP contribution in [0.1, 0.15) is 16.9 Å². The molecule has 3 aromatic rings. The van der Waals surface area contributed by atoms with Crippen LogP contribution >= 0.6 is 23.2 Å². The van der Waals surface area contributed by atoms with E-state index in [0.29, 0.717) is 23.2 Å². The standard InChI is InChI=1S/C19H17Cl2NO2/c20-18-7-6-15(10-19(18)21)13-24-16-4-1-3-14(9-16)11-22-12-17-5-2-8-23-17/h1-10,22H,11-13H2. The third kappa shape index (κ3) is 4.78. The van der Waals surface area contributed by atoms with Crippen molar-refractivity contribution in [2.45, 2.75) is 19.7 Å². The third-order valence-electron chi connectivity index (χ3n) is 3.50. The molecule has 3 nitrogen and oxygen atoms in total. The molecule has 1 aromatic heterocycles. The maximum absolute atomic E-state index is 6.02. The fourth-order valence-corrected chi connectivity index (χ4v) is 2.61. The van der Waals surface area contributed by atoms with E-state index in [-0.39, 0.29) is 0 Å². The van der Waals surface area contributed by atoms with Crippen molar-refractivity contribution in [1.29, 1.82) is 0 Å². The van der Waals surface area contributed by atoms with Crippen LogP contribution in [0.2, 0.25) is 10.0 Å². The molecule has 0 unspecified atom stereocenters. The Labute approximate surface area is 151 Å². The number of ether oxygens (including phenoxy) is 1. The minimum atomic E-state index is 0.445. The molecule has 0 saturated heterocycles. The van der Waals surface area contributed by atoms with Crippen LogP contribution in [0.5, 0.6) is 5.75 Å². The van der Waals surface area contributed by atoms with Crippen molar-refractivity contribution in [2.75, 3.05) is 0 Å². The largest absolute Gasteiger partial charge is 0.489 e. The average Bonchev–Trinajstić information content (AvgIpc) is 3.10. The summed E-state index contributed by atoms with van der Waals surface area (Å²) in [5, 5.41) is 4.42. The van der Waals surface area contributed by atoms with E-state index >= 15 is 0 Å². The van der Waals surface area contributed by atoms with E-state index in [1.54, 1.807) is 12.3 Å². The van der Waals surface area contributed by atoms with Crippen molar-refractivity contribution in [3.8, 4) is 5.75 Å². The topological polar surface area (TPSA) is 34.4 Å². The van der Waals surface area contributed by atoms with Gasteiger partial charge in [-0.3, -0.25) is 0 Å². The van der Waals surface area contributed by atoms with E-state index in [1.807, 2.05) is 42.5 Å². The van der Waals surface area contributed by atoms with Gasteiger partial charge in [0.1, 0.15) is 18.1 Å². The molecule has 0 aliphatic carbocycles. The van der Waals surface area contributed by atoms with Crippen LogP contribution in [0.25, 0.3) is 0 Å². The van der Waals surface area contributed by atoms with E-state index in [2.05, 4.69) is 11.4 Å². The van der Waals surface area contributed by atoms with E-state index in [0.717, 1.165) is 29.2 Å². The van der Waals surface area contributed by atoms with Gasteiger partial charge >= 0.3 is 0 Å². The molecule has 124 valence electrons. The molecule has 0 aliphatic heterocycles. The van der Waals surface area contributed by atoms with Gasteiger partial charge in [-0.05, 0) is 47.5 Å². The first-order valence-corrected chi connectivity index (χ1v) is 8.35. The zero-order valence-electron chi connectivity index (χ0n) is 13.0. The first-order chi connectivity index (χ1) is 11.7. The van der Waals surface area contributed by atoms with Crippen molar-refractivity contribution in [3.63, 3.8) is 0 Å². The number of furan rings is 1. The molecule has 0 atom stereocenters. The van der Waals surface area contributed by atoms with Crippen LogP contribution in [0, 0.1) is 0 Å². The fraction of sp³-hybridized carbons (Fsp3) is 0.158. The first-order valence-electron chi connectivity index (χ1n) is 7.59. The monoisotopic (exact) mass is 361 g/mol. The van der Waals surface area contributed by atoms with Crippen molar-refractivity contribution in [1.82, 2.24) is 5.32 Å². The van der Waals surface area contributed by atoms with Crippen LogP contribution in [0.3, 0.4) is 0 Å². The lowest BCUT2D eigenvalue weighted by Gasteiger charge is -2.09. The van der Waals surface area contributed by atoms with Crippen LogP contribution in [0.4, 0.5) is 0 Å². The number of hydrogen-bond donors (Lipinski definition) is 1. The highest BCUT2D eigenvalue weighted by Gasteiger charge is 2.02. The van der Waals surface area contributed by atoms with Gasteiger partial charge in [0.25, 0.3) is 0 Å². The van der Waals surface area contributed by atoms with Crippen LogP contribution in [-0.2, 0) is 19.7 Å². The Balaban J connectivity index is 1.53. The molecule has 2 aromatic carbocycles. The molecule has 0 saturated carbocycles. The average molecular weight is 362 g/mol. The Hall–Kier alpha value is -1.94. The zero-order chi connectivity index (χ0) is 16.8. The normalized spacial score (nSPS) is 10.8. The highest BCUT2D eigenvalue weighted by Crippen LogP contribution is 2.23. The summed E-state index contributed by atoms with van der Waals surface area (Å²) in [5.74, 6) is 1.74. The summed E-state index contributed by atoms with van der Waals surface area (Å²) in [4.78, 5) is 0. The quantitative estimate of drug-likeness (QED) is 0.606. The van der Waals surface area contributed by atoms with E-state index in [9.17, 15) is 0 Å². The van der Waals surface area contributed by atoms with Crippen LogP contribution in [-0.4, -0.2) is 0 Å². The molecule has 0 fully saturated rings. The molecular weight excluding hydrogens is 345 g/mol. The molecule has 1 N–H and O–H groups in total. The van der Waals surface area contributed by atoms with Gasteiger partial charge in [-0.2, -0.15) is 0 Å². The number of nitrogens with one attached hydrogen (secondary N) is 1. The molecule has 24 heavy (non-hydrogen) atoms. The van der Waals surface area contributed by atoms with Crippen molar-refractivity contribution < 1.29 is 9.15 Å². The lowest BCUT2D eigenvalue weighted by atomic mass is 10.2. The fourth-order valence-electron chi connectivity index (χ4n) is 2.28.